The van der Waals surface area contributed by atoms with Crippen LogP contribution in [0.25, 0.3) is 0 Å². The minimum Gasteiger partial charge on any atom is -0.473 e. The summed E-state index contributed by atoms with van der Waals surface area (Å²) in [6.07, 6.45) is 0. The third-order valence-electron chi connectivity index (χ3n) is 2.91. The van der Waals surface area contributed by atoms with Gasteiger partial charge in [0.05, 0.1) is 0 Å². The first-order valence-electron chi connectivity index (χ1n) is 6.86. The van der Waals surface area contributed by atoms with Gasteiger partial charge in [0.25, 0.3) is 0 Å². The average Bonchev–Trinajstić information content (AvgIpc) is 2.51. The molecule has 0 heterocycles. The molecule has 122 valence electrons. The summed E-state index contributed by atoms with van der Waals surface area (Å²) in [5.74, 6) is -3.65. The molecule has 0 saturated carbocycles. The van der Waals surface area contributed by atoms with Crippen molar-refractivity contribution in [1.29, 1.82) is 0 Å². The zero-order valence-corrected chi connectivity index (χ0v) is 13.4. The topological polar surface area (TPSA) is 86.6 Å². The van der Waals surface area contributed by atoms with Crippen molar-refractivity contribution in [2.75, 3.05) is 0 Å². The van der Waals surface area contributed by atoms with Crippen molar-refractivity contribution in [2.45, 2.75) is 20.0 Å². The molecule has 2 aromatic rings. The van der Waals surface area contributed by atoms with Crippen molar-refractivity contribution in [3.8, 4) is 0 Å². The zero-order chi connectivity index (χ0) is 17.2. The molecule has 2 rings (SSSR count). The van der Waals surface area contributed by atoms with E-state index in [1.165, 1.54) is 11.1 Å². The number of carboxylic acids is 2. The fraction of sp³-hybridized carbons (Fsp3) is 0.176. The lowest BCUT2D eigenvalue weighted by molar-refractivity contribution is -0.159. The van der Waals surface area contributed by atoms with Gasteiger partial charge in [0.15, 0.2) is 0 Å². The molecule has 0 aliphatic rings. The molecule has 0 spiro atoms. The van der Waals surface area contributed by atoms with Crippen LogP contribution in [0.4, 0.5) is 0 Å². The number of hydrogen-bond donors (Lipinski definition) is 3. The van der Waals surface area contributed by atoms with E-state index in [0.717, 1.165) is 23.7 Å². The van der Waals surface area contributed by atoms with Gasteiger partial charge in [0, 0.05) is 18.1 Å². The van der Waals surface area contributed by atoms with E-state index in [1.54, 1.807) is 0 Å². The van der Waals surface area contributed by atoms with Crippen molar-refractivity contribution in [3.05, 3.63) is 70.2 Å². The monoisotopic (exact) mass is 335 g/mol. The molecule has 0 fully saturated rings. The second-order valence-corrected chi connectivity index (χ2v) is 5.20. The van der Waals surface area contributed by atoms with Crippen LogP contribution in [-0.4, -0.2) is 22.2 Å². The number of benzene rings is 2. The highest BCUT2D eigenvalue weighted by Gasteiger charge is 2.04. The highest BCUT2D eigenvalue weighted by molar-refractivity contribution is 6.31. The molecule has 0 amide bonds. The van der Waals surface area contributed by atoms with Crippen molar-refractivity contribution in [3.63, 3.8) is 0 Å². The maximum atomic E-state index is 9.10. The van der Waals surface area contributed by atoms with Gasteiger partial charge in [-0.2, -0.15) is 0 Å². The minimum absolute atomic E-state index is 0.799. The van der Waals surface area contributed by atoms with Gasteiger partial charge < -0.3 is 15.5 Å². The van der Waals surface area contributed by atoms with Crippen LogP contribution in [0.1, 0.15) is 16.7 Å². The molecular formula is C17H18ClNO4. The number of halogens is 1. The number of rotatable bonds is 4. The summed E-state index contributed by atoms with van der Waals surface area (Å²) in [5, 5.41) is 19.0. The molecule has 0 atom stereocenters. The van der Waals surface area contributed by atoms with Gasteiger partial charge in [-0.15, -0.1) is 0 Å². The van der Waals surface area contributed by atoms with E-state index in [0.29, 0.717) is 0 Å². The van der Waals surface area contributed by atoms with Crippen molar-refractivity contribution in [2.24, 2.45) is 0 Å². The van der Waals surface area contributed by atoms with Gasteiger partial charge in [-0.3, -0.25) is 0 Å². The van der Waals surface area contributed by atoms with Crippen LogP contribution >= 0.6 is 11.6 Å². The summed E-state index contributed by atoms with van der Waals surface area (Å²) in [5.41, 5.74) is 3.73. The Morgan fingerprint density at radius 1 is 0.957 bits per heavy atom. The van der Waals surface area contributed by atoms with E-state index in [2.05, 4.69) is 36.5 Å². The minimum atomic E-state index is -1.82. The van der Waals surface area contributed by atoms with Crippen LogP contribution in [0.3, 0.4) is 0 Å². The fourth-order valence-electron chi connectivity index (χ4n) is 1.69. The van der Waals surface area contributed by atoms with Crippen LogP contribution in [0.15, 0.2) is 48.5 Å². The maximum Gasteiger partial charge on any atom is 0.414 e. The highest BCUT2D eigenvalue weighted by atomic mass is 35.5. The number of aryl methyl sites for hydroxylation is 1. The van der Waals surface area contributed by atoms with Crippen molar-refractivity contribution >= 4 is 23.5 Å². The molecule has 2 aromatic carbocycles. The fourth-order valence-corrected chi connectivity index (χ4v) is 1.89. The normalized spacial score (nSPS) is 9.65. The Bertz CT molecular complexity index is 644. The van der Waals surface area contributed by atoms with Crippen molar-refractivity contribution in [1.82, 2.24) is 5.32 Å². The van der Waals surface area contributed by atoms with E-state index < -0.39 is 11.9 Å². The molecule has 0 aliphatic carbocycles. The Kier molecular flexibility index (Phi) is 7.80. The molecule has 0 bridgehead atoms. The molecule has 0 aromatic heterocycles. The van der Waals surface area contributed by atoms with Gasteiger partial charge in [0.1, 0.15) is 0 Å². The number of hydrogen-bond acceptors (Lipinski definition) is 3. The first-order valence-corrected chi connectivity index (χ1v) is 7.24. The van der Waals surface area contributed by atoms with Crippen LogP contribution in [0, 0.1) is 6.92 Å². The van der Waals surface area contributed by atoms with E-state index in [9.17, 15) is 0 Å². The summed E-state index contributed by atoms with van der Waals surface area (Å²) in [6.45, 7) is 3.76. The Labute approximate surface area is 139 Å². The molecule has 0 saturated heterocycles. The van der Waals surface area contributed by atoms with Gasteiger partial charge in [0.2, 0.25) is 0 Å². The van der Waals surface area contributed by atoms with E-state index in [1.807, 2.05) is 24.3 Å². The Morgan fingerprint density at radius 2 is 1.52 bits per heavy atom. The van der Waals surface area contributed by atoms with Crippen molar-refractivity contribution < 1.29 is 19.8 Å². The Morgan fingerprint density at radius 3 is 2.04 bits per heavy atom. The lowest BCUT2D eigenvalue weighted by Gasteiger charge is -2.07. The second kappa shape index (κ2) is 9.61. The first-order chi connectivity index (χ1) is 10.9. The summed E-state index contributed by atoms with van der Waals surface area (Å²) in [4.78, 5) is 18.2. The number of carboxylic acid groups (broad SMARTS) is 2. The first kappa shape index (κ1) is 18.7. The predicted molar refractivity (Wildman–Crippen MR) is 88.4 cm³/mol. The largest absolute Gasteiger partial charge is 0.473 e. The summed E-state index contributed by atoms with van der Waals surface area (Å²) < 4.78 is 0. The molecule has 23 heavy (non-hydrogen) atoms. The van der Waals surface area contributed by atoms with Crippen LogP contribution in [0.5, 0.6) is 0 Å². The number of nitrogens with one attached hydrogen (secondary N) is 1. The standard InChI is InChI=1S/C15H16ClN.C2H2O4/c1-12-6-8-13(9-7-12)10-17-11-14-4-2-3-5-15(14)16;3-1(4)2(5)6/h2-9,17H,10-11H2,1H3;(H,3,4)(H,5,6). The molecule has 3 N–H and O–H groups in total. The number of carbonyl (C=O) groups is 2. The molecule has 5 nitrogen and oxygen atoms in total. The molecular weight excluding hydrogens is 318 g/mol. The third-order valence-corrected chi connectivity index (χ3v) is 3.27. The van der Waals surface area contributed by atoms with E-state index >= 15 is 0 Å². The van der Waals surface area contributed by atoms with E-state index in [-0.39, 0.29) is 0 Å². The summed E-state index contributed by atoms with van der Waals surface area (Å²) in [7, 11) is 0. The van der Waals surface area contributed by atoms with Crippen LogP contribution < -0.4 is 5.32 Å². The summed E-state index contributed by atoms with van der Waals surface area (Å²) in [6, 6.07) is 16.5. The average molecular weight is 336 g/mol. The summed E-state index contributed by atoms with van der Waals surface area (Å²) >= 11 is 6.09. The van der Waals surface area contributed by atoms with Crippen LogP contribution in [0.2, 0.25) is 5.02 Å². The molecule has 0 aliphatic heterocycles. The molecule has 0 radical (unpaired) electrons. The molecule has 0 unspecified atom stereocenters. The Balaban J connectivity index is 0.000000379. The van der Waals surface area contributed by atoms with Gasteiger partial charge in [-0.05, 0) is 24.1 Å². The third kappa shape index (κ3) is 7.44. The number of aliphatic carboxylic acids is 2. The lowest BCUT2D eigenvalue weighted by atomic mass is 10.1. The quantitative estimate of drug-likeness (QED) is 0.747. The van der Waals surface area contributed by atoms with Crippen LogP contribution in [-0.2, 0) is 22.7 Å². The predicted octanol–water partition coefficient (Wildman–Crippen LogP) is 3.09. The smallest absolute Gasteiger partial charge is 0.414 e. The second-order valence-electron chi connectivity index (χ2n) is 4.79. The highest BCUT2D eigenvalue weighted by Crippen LogP contribution is 2.14. The Hall–Kier alpha value is -2.37. The van der Waals surface area contributed by atoms with Gasteiger partial charge in [-0.1, -0.05) is 59.6 Å². The van der Waals surface area contributed by atoms with E-state index in [4.69, 9.17) is 31.4 Å². The molecule has 6 heteroatoms. The zero-order valence-electron chi connectivity index (χ0n) is 12.6. The maximum absolute atomic E-state index is 9.10. The lowest BCUT2D eigenvalue weighted by Crippen LogP contribution is -2.12. The SMILES string of the molecule is Cc1ccc(CNCc2ccccc2Cl)cc1.O=C(O)C(=O)O. The van der Waals surface area contributed by atoms with Gasteiger partial charge in [-0.25, -0.2) is 9.59 Å². The van der Waals surface area contributed by atoms with Gasteiger partial charge >= 0.3 is 11.9 Å².